The molecule has 8 heteroatoms. The van der Waals surface area contributed by atoms with Gasteiger partial charge >= 0.3 is 15.6 Å². The molecule has 0 radical (unpaired) electrons. The van der Waals surface area contributed by atoms with Gasteiger partial charge in [0.1, 0.15) is 5.75 Å². The minimum absolute atomic E-state index is 0.0738. The highest BCUT2D eigenvalue weighted by Gasteiger charge is 2.48. The van der Waals surface area contributed by atoms with Gasteiger partial charge in [-0.1, -0.05) is 52.0 Å². The lowest BCUT2D eigenvalue weighted by molar-refractivity contribution is -0.0500. The average molecular weight is 468 g/mol. The molecule has 0 aliphatic rings. The predicted octanol–water partition coefficient (Wildman–Crippen LogP) is 6.44. The molecule has 0 saturated heterocycles. The Morgan fingerprint density at radius 2 is 1.59 bits per heavy atom. The number of alkyl halides is 3. The van der Waals surface area contributed by atoms with E-state index in [1.165, 1.54) is 6.07 Å². The number of hydrogen-bond acceptors (Lipinski definition) is 4. The molecular weight excluding hydrogens is 439 g/mol. The second-order valence-electron chi connectivity index (χ2n) is 8.65. The summed E-state index contributed by atoms with van der Waals surface area (Å²) in [6.07, 6.45) is 2.20. The maximum absolute atomic E-state index is 12.8. The van der Waals surface area contributed by atoms with E-state index in [2.05, 4.69) is 30.2 Å². The van der Waals surface area contributed by atoms with E-state index in [1.54, 1.807) is 12.1 Å². The van der Waals surface area contributed by atoms with Crippen molar-refractivity contribution in [2.75, 3.05) is 0 Å². The summed E-state index contributed by atoms with van der Waals surface area (Å²) in [7, 11) is -5.75. The molecule has 4 nitrogen and oxygen atoms in total. The molecule has 0 aliphatic heterocycles. The summed E-state index contributed by atoms with van der Waals surface area (Å²) in [4.78, 5) is 0. The molecule has 0 spiro atoms. The topological polar surface area (TPSA) is 67.2 Å². The van der Waals surface area contributed by atoms with Gasteiger partial charge in [-0.05, 0) is 71.0 Å². The average Bonchev–Trinajstić information content (AvgIpc) is 2.66. The third-order valence-electron chi connectivity index (χ3n) is 4.81. The normalized spacial score (nSPS) is 12.2. The fourth-order valence-electron chi connectivity index (χ4n) is 3.49. The molecule has 2 rings (SSSR count). The van der Waals surface area contributed by atoms with E-state index in [0.29, 0.717) is 30.7 Å². The van der Waals surface area contributed by atoms with Gasteiger partial charge in [0.15, 0.2) is 0 Å². The third kappa shape index (κ3) is 6.73. The van der Waals surface area contributed by atoms with Crippen LogP contribution in [0.1, 0.15) is 50.8 Å². The van der Waals surface area contributed by atoms with Crippen molar-refractivity contribution in [2.24, 2.45) is 11.8 Å². The van der Waals surface area contributed by atoms with E-state index in [0.717, 1.165) is 28.7 Å². The zero-order valence-electron chi connectivity index (χ0n) is 18.7. The lowest BCUT2D eigenvalue weighted by Crippen LogP contribution is -2.28. The lowest BCUT2D eigenvalue weighted by atomic mass is 9.89. The number of nitrogens with zero attached hydrogens (tertiary/aromatic N) is 1. The first kappa shape index (κ1) is 25.7. The molecule has 0 amide bonds. The molecule has 0 aliphatic carbocycles. The fourth-order valence-corrected chi connectivity index (χ4v) is 3.98. The molecule has 0 heterocycles. The van der Waals surface area contributed by atoms with Crippen molar-refractivity contribution in [3.05, 3.63) is 53.1 Å². The van der Waals surface area contributed by atoms with E-state index < -0.39 is 15.6 Å². The predicted molar refractivity (Wildman–Crippen MR) is 118 cm³/mol. The van der Waals surface area contributed by atoms with E-state index >= 15 is 0 Å². The van der Waals surface area contributed by atoms with E-state index in [-0.39, 0.29) is 11.7 Å². The van der Waals surface area contributed by atoms with E-state index in [9.17, 15) is 21.6 Å². The molecule has 0 saturated carbocycles. The summed E-state index contributed by atoms with van der Waals surface area (Å²) in [6, 6.07) is 12.7. The van der Waals surface area contributed by atoms with Crippen LogP contribution >= 0.6 is 0 Å². The van der Waals surface area contributed by atoms with Crippen LogP contribution in [0.15, 0.2) is 36.4 Å². The molecule has 32 heavy (non-hydrogen) atoms. The second-order valence-corrected chi connectivity index (χ2v) is 10.2. The van der Waals surface area contributed by atoms with Gasteiger partial charge in [0.25, 0.3) is 0 Å². The Morgan fingerprint density at radius 3 is 2.16 bits per heavy atom. The van der Waals surface area contributed by atoms with Crippen molar-refractivity contribution in [3.63, 3.8) is 0 Å². The Morgan fingerprint density at radius 1 is 0.969 bits per heavy atom. The fraction of sp³-hybridized carbons (Fsp3) is 0.458. The van der Waals surface area contributed by atoms with E-state index in [4.69, 9.17) is 5.26 Å². The van der Waals surface area contributed by atoms with Crippen molar-refractivity contribution < 1.29 is 25.8 Å². The van der Waals surface area contributed by atoms with Crippen LogP contribution in [0.25, 0.3) is 11.1 Å². The monoisotopic (exact) mass is 467 g/mol. The maximum atomic E-state index is 12.8. The summed E-state index contributed by atoms with van der Waals surface area (Å²) in [6.45, 7) is 7.97. The zero-order valence-corrected chi connectivity index (χ0v) is 19.5. The van der Waals surface area contributed by atoms with Crippen molar-refractivity contribution in [1.82, 2.24) is 0 Å². The van der Waals surface area contributed by atoms with Gasteiger partial charge in [0.05, 0.1) is 6.07 Å². The highest BCUT2D eigenvalue weighted by atomic mass is 32.2. The summed E-state index contributed by atoms with van der Waals surface area (Å²) in [5.74, 6) is 0.134. The maximum Gasteiger partial charge on any atom is 0.534 e. The van der Waals surface area contributed by atoms with Crippen molar-refractivity contribution in [2.45, 2.75) is 58.9 Å². The Balaban J connectivity index is 2.55. The minimum Gasteiger partial charge on any atom is -0.376 e. The largest absolute Gasteiger partial charge is 0.534 e. The van der Waals surface area contributed by atoms with Crippen LogP contribution in [0, 0.1) is 23.2 Å². The van der Waals surface area contributed by atoms with Gasteiger partial charge in [-0.25, -0.2) is 0 Å². The quantitative estimate of drug-likeness (QED) is 0.315. The molecular formula is C24H28F3NO3S. The van der Waals surface area contributed by atoms with Crippen LogP contribution < -0.4 is 4.18 Å². The molecule has 2 aromatic carbocycles. The van der Waals surface area contributed by atoms with Crippen molar-refractivity contribution in [1.29, 1.82) is 5.26 Å². The molecule has 0 unspecified atom stereocenters. The summed E-state index contributed by atoms with van der Waals surface area (Å²) >= 11 is 0. The van der Waals surface area contributed by atoms with E-state index in [1.807, 2.05) is 26.0 Å². The number of hydrogen-bond donors (Lipinski definition) is 0. The number of aryl methyl sites for hydroxylation is 1. The first-order valence-electron chi connectivity index (χ1n) is 10.5. The molecule has 2 aromatic rings. The zero-order chi connectivity index (χ0) is 24.1. The highest BCUT2D eigenvalue weighted by Crippen LogP contribution is 2.35. The van der Waals surface area contributed by atoms with Gasteiger partial charge in [0, 0.05) is 6.42 Å². The van der Waals surface area contributed by atoms with Crippen LogP contribution in [-0.2, 0) is 29.4 Å². The molecule has 0 bridgehead atoms. The van der Waals surface area contributed by atoms with Gasteiger partial charge in [0.2, 0.25) is 0 Å². The standard InChI is InChI=1S/C24H28F3NO3S/c1-16(2)12-20-14-18(6-5-11-28)7-9-22(20)19-8-10-23(21(15-19)13-17(3)4)31-32(29,30)24(25,26)27/h7-10,14-17H,5-6,12-13H2,1-4H3. The van der Waals surface area contributed by atoms with Crippen LogP contribution in [0.5, 0.6) is 5.75 Å². The van der Waals surface area contributed by atoms with Crippen LogP contribution in [0.4, 0.5) is 13.2 Å². The number of halogens is 3. The third-order valence-corrected chi connectivity index (χ3v) is 5.77. The minimum atomic E-state index is -5.75. The highest BCUT2D eigenvalue weighted by molar-refractivity contribution is 7.88. The Hall–Kier alpha value is -2.53. The second kappa shape index (κ2) is 10.4. The van der Waals surface area contributed by atoms with Crippen molar-refractivity contribution in [3.8, 4) is 22.9 Å². The first-order chi connectivity index (χ1) is 14.8. The first-order valence-corrected chi connectivity index (χ1v) is 11.9. The molecule has 0 aromatic heterocycles. The van der Waals surface area contributed by atoms with Gasteiger partial charge < -0.3 is 4.18 Å². The SMILES string of the molecule is CC(C)Cc1cc(-c2ccc(CCC#N)cc2CC(C)C)ccc1OS(=O)(=O)C(F)(F)F. The molecule has 0 N–H and O–H groups in total. The van der Waals surface area contributed by atoms with Crippen LogP contribution in [0.3, 0.4) is 0 Å². The Bertz CT molecular complexity index is 1080. The number of benzene rings is 2. The molecule has 0 fully saturated rings. The Labute approximate surface area is 188 Å². The number of nitriles is 1. The molecule has 0 atom stereocenters. The summed E-state index contributed by atoms with van der Waals surface area (Å²) < 4.78 is 66.0. The number of rotatable bonds is 9. The van der Waals surface area contributed by atoms with Gasteiger partial charge in [-0.3, -0.25) is 0 Å². The van der Waals surface area contributed by atoms with Crippen LogP contribution in [-0.4, -0.2) is 13.9 Å². The van der Waals surface area contributed by atoms with Gasteiger partial charge in [-0.15, -0.1) is 0 Å². The Kier molecular flexibility index (Phi) is 8.35. The summed E-state index contributed by atoms with van der Waals surface area (Å²) in [5.41, 5.74) is -1.28. The smallest absolute Gasteiger partial charge is 0.376 e. The summed E-state index contributed by atoms with van der Waals surface area (Å²) in [5, 5.41) is 8.86. The van der Waals surface area contributed by atoms with Gasteiger partial charge in [-0.2, -0.15) is 26.9 Å². The molecule has 174 valence electrons. The lowest BCUT2D eigenvalue weighted by Gasteiger charge is -2.18. The van der Waals surface area contributed by atoms with Crippen LogP contribution in [0.2, 0.25) is 0 Å². The van der Waals surface area contributed by atoms with Crippen molar-refractivity contribution >= 4 is 10.1 Å².